The average molecular weight is 227 g/mol. The van der Waals surface area contributed by atoms with E-state index in [1.165, 1.54) is 11.8 Å². The van der Waals surface area contributed by atoms with Crippen LogP contribution >= 0.6 is 0 Å². The summed E-state index contributed by atoms with van der Waals surface area (Å²) in [5, 5.41) is 2.50. The number of nitrogens with one attached hydrogen (secondary N) is 1. The Labute approximate surface area is 94.2 Å². The van der Waals surface area contributed by atoms with Crippen LogP contribution in [0.4, 0.5) is 0 Å². The molecule has 1 rings (SSSR count). The lowest BCUT2D eigenvalue weighted by molar-refractivity contribution is -0.139. The summed E-state index contributed by atoms with van der Waals surface area (Å²) in [6.45, 7) is 3.47. The van der Waals surface area contributed by atoms with Crippen molar-refractivity contribution in [3.63, 3.8) is 0 Å². The van der Waals surface area contributed by atoms with Crippen molar-refractivity contribution in [2.75, 3.05) is 6.54 Å². The molecule has 3 amide bonds. The predicted molar refractivity (Wildman–Crippen MR) is 57.2 cm³/mol. The van der Waals surface area contributed by atoms with E-state index in [1.54, 1.807) is 6.92 Å². The maximum Gasteiger partial charge on any atom is 0.245 e. The van der Waals surface area contributed by atoms with E-state index in [9.17, 15) is 14.4 Å². The summed E-state index contributed by atoms with van der Waals surface area (Å²) in [6.07, 6.45) is 1.38. The summed E-state index contributed by atoms with van der Waals surface area (Å²) >= 11 is 0. The molecule has 6 nitrogen and oxygen atoms in total. The van der Waals surface area contributed by atoms with Crippen LogP contribution in [0.15, 0.2) is 0 Å². The smallest absolute Gasteiger partial charge is 0.245 e. The van der Waals surface area contributed by atoms with Crippen molar-refractivity contribution >= 4 is 17.7 Å². The van der Waals surface area contributed by atoms with Gasteiger partial charge >= 0.3 is 0 Å². The standard InChI is InChI=1S/C10H17N3O3/c1-6(12-7(2)14)10(16)13-5-3-4-8(13)9(11)15/h6,8H,3-5H2,1-2H3,(H2,11,15)(H,12,14)/t6-,8-/m0/s1. The molecule has 16 heavy (non-hydrogen) atoms. The molecule has 3 N–H and O–H groups in total. The van der Waals surface area contributed by atoms with Gasteiger partial charge in [-0.05, 0) is 19.8 Å². The fourth-order valence-electron chi connectivity index (χ4n) is 1.94. The average Bonchev–Trinajstić information content (AvgIpc) is 2.63. The van der Waals surface area contributed by atoms with E-state index in [1.807, 2.05) is 0 Å². The fraction of sp³-hybridized carbons (Fsp3) is 0.700. The molecule has 0 unspecified atom stereocenters. The molecule has 1 aliphatic heterocycles. The first kappa shape index (κ1) is 12.5. The second kappa shape index (κ2) is 4.96. The summed E-state index contributed by atoms with van der Waals surface area (Å²) in [5.41, 5.74) is 5.21. The second-order valence-electron chi connectivity index (χ2n) is 4.01. The van der Waals surface area contributed by atoms with E-state index in [4.69, 9.17) is 5.73 Å². The monoisotopic (exact) mass is 227 g/mol. The number of amides is 3. The topological polar surface area (TPSA) is 92.5 Å². The third-order valence-corrected chi connectivity index (χ3v) is 2.65. The molecule has 90 valence electrons. The van der Waals surface area contributed by atoms with Gasteiger partial charge in [-0.25, -0.2) is 0 Å². The molecule has 0 spiro atoms. The number of hydrogen-bond donors (Lipinski definition) is 2. The highest BCUT2D eigenvalue weighted by molar-refractivity contribution is 5.91. The maximum absolute atomic E-state index is 11.9. The second-order valence-corrected chi connectivity index (χ2v) is 4.01. The first-order valence-electron chi connectivity index (χ1n) is 5.30. The van der Waals surface area contributed by atoms with Crippen molar-refractivity contribution < 1.29 is 14.4 Å². The zero-order valence-electron chi connectivity index (χ0n) is 9.53. The van der Waals surface area contributed by atoms with Gasteiger partial charge in [-0.1, -0.05) is 0 Å². The number of nitrogens with zero attached hydrogens (tertiary/aromatic N) is 1. The molecule has 2 atom stereocenters. The van der Waals surface area contributed by atoms with Crippen molar-refractivity contribution in [2.24, 2.45) is 5.73 Å². The molecular weight excluding hydrogens is 210 g/mol. The van der Waals surface area contributed by atoms with E-state index in [2.05, 4.69) is 5.32 Å². The van der Waals surface area contributed by atoms with Gasteiger partial charge in [0.2, 0.25) is 17.7 Å². The van der Waals surface area contributed by atoms with Gasteiger partial charge in [0.05, 0.1) is 0 Å². The largest absolute Gasteiger partial charge is 0.368 e. The van der Waals surface area contributed by atoms with Gasteiger partial charge < -0.3 is 16.0 Å². The van der Waals surface area contributed by atoms with Crippen molar-refractivity contribution in [3.05, 3.63) is 0 Å². The molecule has 0 saturated carbocycles. The summed E-state index contributed by atoms with van der Waals surface area (Å²) in [4.78, 5) is 35.3. The Morgan fingerprint density at radius 3 is 2.56 bits per heavy atom. The lowest BCUT2D eigenvalue weighted by Gasteiger charge is -2.25. The molecule has 1 saturated heterocycles. The first-order chi connectivity index (χ1) is 7.43. The van der Waals surface area contributed by atoms with Crippen molar-refractivity contribution in [1.82, 2.24) is 10.2 Å². The van der Waals surface area contributed by atoms with Crippen molar-refractivity contribution in [3.8, 4) is 0 Å². The van der Waals surface area contributed by atoms with Crippen LogP contribution in [0.5, 0.6) is 0 Å². The Morgan fingerprint density at radius 1 is 1.44 bits per heavy atom. The van der Waals surface area contributed by atoms with Crippen LogP contribution in [-0.2, 0) is 14.4 Å². The van der Waals surface area contributed by atoms with E-state index >= 15 is 0 Å². The summed E-state index contributed by atoms with van der Waals surface area (Å²) < 4.78 is 0. The number of rotatable bonds is 3. The van der Waals surface area contributed by atoms with E-state index in [0.29, 0.717) is 13.0 Å². The zero-order chi connectivity index (χ0) is 12.3. The molecule has 0 bridgehead atoms. The van der Waals surface area contributed by atoms with Gasteiger partial charge in [0.25, 0.3) is 0 Å². The van der Waals surface area contributed by atoms with Crippen LogP contribution < -0.4 is 11.1 Å². The normalized spacial score (nSPS) is 21.6. The summed E-state index contributed by atoms with van der Waals surface area (Å²) in [5.74, 6) is -1.01. The van der Waals surface area contributed by atoms with Crippen LogP contribution in [0.3, 0.4) is 0 Å². The molecule has 6 heteroatoms. The Bertz CT molecular complexity index is 316. The lowest BCUT2D eigenvalue weighted by atomic mass is 10.2. The van der Waals surface area contributed by atoms with Crippen molar-refractivity contribution in [2.45, 2.75) is 38.8 Å². The number of carbonyl (C=O) groups excluding carboxylic acids is 3. The molecule has 0 radical (unpaired) electrons. The third kappa shape index (κ3) is 2.71. The highest BCUT2D eigenvalue weighted by Gasteiger charge is 2.34. The Balaban J connectivity index is 2.65. The number of hydrogen-bond acceptors (Lipinski definition) is 3. The quantitative estimate of drug-likeness (QED) is 0.647. The Kier molecular flexibility index (Phi) is 3.87. The highest BCUT2D eigenvalue weighted by Crippen LogP contribution is 2.17. The van der Waals surface area contributed by atoms with Gasteiger partial charge in [0.1, 0.15) is 12.1 Å². The minimum atomic E-state index is -0.613. The van der Waals surface area contributed by atoms with Gasteiger partial charge in [0.15, 0.2) is 0 Å². The minimum absolute atomic E-state index is 0.253. The van der Waals surface area contributed by atoms with Gasteiger partial charge in [-0.2, -0.15) is 0 Å². The molecule has 0 aliphatic carbocycles. The van der Waals surface area contributed by atoms with E-state index in [0.717, 1.165) is 6.42 Å². The molecular formula is C10H17N3O3. The molecule has 0 aromatic rings. The van der Waals surface area contributed by atoms with E-state index < -0.39 is 18.0 Å². The lowest BCUT2D eigenvalue weighted by Crippen LogP contribution is -2.51. The van der Waals surface area contributed by atoms with Crippen LogP contribution in [0.1, 0.15) is 26.7 Å². The summed E-state index contributed by atoms with van der Waals surface area (Å²) in [6, 6.07) is -1.14. The minimum Gasteiger partial charge on any atom is -0.368 e. The van der Waals surface area contributed by atoms with E-state index in [-0.39, 0.29) is 11.8 Å². The zero-order valence-corrected chi connectivity index (χ0v) is 9.53. The molecule has 1 fully saturated rings. The molecule has 0 aromatic heterocycles. The Hall–Kier alpha value is -1.59. The molecule has 0 aromatic carbocycles. The Morgan fingerprint density at radius 2 is 2.06 bits per heavy atom. The van der Waals surface area contributed by atoms with Crippen LogP contribution in [0, 0.1) is 0 Å². The third-order valence-electron chi connectivity index (χ3n) is 2.65. The number of nitrogens with two attached hydrogens (primary N) is 1. The van der Waals surface area contributed by atoms with Gasteiger partial charge in [0, 0.05) is 13.5 Å². The summed E-state index contributed by atoms with van der Waals surface area (Å²) in [7, 11) is 0. The molecule has 1 heterocycles. The van der Waals surface area contributed by atoms with Gasteiger partial charge in [-0.15, -0.1) is 0 Å². The number of carbonyl (C=O) groups is 3. The number of primary amides is 1. The van der Waals surface area contributed by atoms with Crippen LogP contribution in [-0.4, -0.2) is 41.2 Å². The highest BCUT2D eigenvalue weighted by atomic mass is 16.2. The predicted octanol–water partition coefficient (Wildman–Crippen LogP) is -1.01. The SMILES string of the molecule is CC(=O)N[C@@H](C)C(=O)N1CCC[C@H]1C(N)=O. The first-order valence-corrected chi connectivity index (χ1v) is 5.30. The van der Waals surface area contributed by atoms with Gasteiger partial charge in [-0.3, -0.25) is 14.4 Å². The number of likely N-dealkylation sites (tertiary alicyclic amines) is 1. The maximum atomic E-state index is 11.9. The fourth-order valence-corrected chi connectivity index (χ4v) is 1.94. The van der Waals surface area contributed by atoms with Crippen LogP contribution in [0.2, 0.25) is 0 Å². The molecule has 1 aliphatic rings. The van der Waals surface area contributed by atoms with Crippen LogP contribution in [0.25, 0.3) is 0 Å². The van der Waals surface area contributed by atoms with Crippen molar-refractivity contribution in [1.29, 1.82) is 0 Å².